The number of hydrogen-bond donors (Lipinski definition) is 1. The average Bonchev–Trinajstić information content (AvgIpc) is 2.77. The van der Waals surface area contributed by atoms with Crippen LogP contribution in [0.15, 0.2) is 84.0 Å². The Hall–Kier alpha value is -3.80. The lowest BCUT2D eigenvalue weighted by atomic mass is 10.2. The maximum Gasteiger partial charge on any atom is 0.265 e. The number of carbonyl (C=O) groups is 1. The van der Waals surface area contributed by atoms with Gasteiger partial charge in [0.05, 0.1) is 13.3 Å². The van der Waals surface area contributed by atoms with Crippen molar-refractivity contribution in [2.45, 2.75) is 6.61 Å². The van der Waals surface area contributed by atoms with E-state index in [9.17, 15) is 4.79 Å². The molecule has 1 amide bonds. The molecule has 0 aliphatic carbocycles. The van der Waals surface area contributed by atoms with Crippen molar-refractivity contribution in [3.05, 3.63) is 90.0 Å². The third-order valence-corrected chi connectivity index (χ3v) is 3.97. The highest BCUT2D eigenvalue weighted by Gasteiger charge is 2.03. The van der Waals surface area contributed by atoms with Gasteiger partial charge in [-0.3, -0.25) is 4.79 Å². The Bertz CT molecular complexity index is 923. The van der Waals surface area contributed by atoms with Crippen molar-refractivity contribution in [3.63, 3.8) is 0 Å². The van der Waals surface area contributed by atoms with E-state index in [1.54, 1.807) is 31.4 Å². The summed E-state index contributed by atoms with van der Waals surface area (Å²) in [6, 6.07) is 24.4. The average molecular weight is 390 g/mol. The molecule has 0 saturated heterocycles. The van der Waals surface area contributed by atoms with Gasteiger partial charge in [-0.15, -0.1) is 0 Å². The standard InChI is InChI=1S/C23H22N2O4/c1-27-21-11-7-18(8-12-21)15-24-29-17-23(26)25-20-9-13-22(14-10-20)28-16-19-5-3-2-4-6-19/h2-15H,16-17H2,1H3,(H,25,26)/b24-15-. The van der Waals surface area contributed by atoms with E-state index >= 15 is 0 Å². The van der Waals surface area contributed by atoms with Gasteiger partial charge in [-0.25, -0.2) is 0 Å². The van der Waals surface area contributed by atoms with Gasteiger partial charge in [0.25, 0.3) is 5.91 Å². The molecular weight excluding hydrogens is 368 g/mol. The predicted molar refractivity (Wildman–Crippen MR) is 112 cm³/mol. The van der Waals surface area contributed by atoms with Gasteiger partial charge < -0.3 is 19.6 Å². The molecule has 0 fully saturated rings. The summed E-state index contributed by atoms with van der Waals surface area (Å²) in [6.07, 6.45) is 1.53. The van der Waals surface area contributed by atoms with Crippen LogP contribution >= 0.6 is 0 Å². The SMILES string of the molecule is COc1ccc(/C=N\OCC(=O)Nc2ccc(OCc3ccccc3)cc2)cc1. The van der Waals surface area contributed by atoms with E-state index in [1.807, 2.05) is 54.6 Å². The normalized spacial score (nSPS) is 10.5. The van der Waals surface area contributed by atoms with E-state index in [1.165, 1.54) is 6.21 Å². The number of carbonyl (C=O) groups excluding carboxylic acids is 1. The number of nitrogens with one attached hydrogen (secondary N) is 1. The summed E-state index contributed by atoms with van der Waals surface area (Å²) < 4.78 is 10.8. The molecule has 1 N–H and O–H groups in total. The molecule has 3 rings (SSSR count). The van der Waals surface area contributed by atoms with E-state index in [-0.39, 0.29) is 12.5 Å². The van der Waals surface area contributed by atoms with E-state index < -0.39 is 0 Å². The highest BCUT2D eigenvalue weighted by molar-refractivity contribution is 5.91. The van der Waals surface area contributed by atoms with Gasteiger partial charge >= 0.3 is 0 Å². The van der Waals surface area contributed by atoms with Crippen molar-refractivity contribution in [1.29, 1.82) is 0 Å². The van der Waals surface area contributed by atoms with E-state index in [2.05, 4.69) is 10.5 Å². The Morgan fingerprint density at radius 3 is 2.31 bits per heavy atom. The van der Waals surface area contributed by atoms with Gasteiger partial charge in [0, 0.05) is 5.69 Å². The fourth-order valence-electron chi connectivity index (χ4n) is 2.46. The summed E-state index contributed by atoms with van der Waals surface area (Å²) >= 11 is 0. The molecule has 0 unspecified atom stereocenters. The number of hydrogen-bond acceptors (Lipinski definition) is 5. The number of amides is 1. The summed E-state index contributed by atoms with van der Waals surface area (Å²) in [7, 11) is 1.61. The number of ether oxygens (including phenoxy) is 2. The number of nitrogens with zero attached hydrogens (tertiary/aromatic N) is 1. The van der Waals surface area contributed by atoms with Crippen LogP contribution in [-0.2, 0) is 16.2 Å². The molecule has 0 radical (unpaired) electrons. The highest BCUT2D eigenvalue weighted by Crippen LogP contribution is 2.17. The topological polar surface area (TPSA) is 69.2 Å². The van der Waals surface area contributed by atoms with Crippen molar-refractivity contribution in [2.75, 3.05) is 19.0 Å². The molecule has 148 valence electrons. The van der Waals surface area contributed by atoms with Crippen LogP contribution in [0.3, 0.4) is 0 Å². The van der Waals surface area contributed by atoms with Crippen molar-refractivity contribution in [1.82, 2.24) is 0 Å². The number of rotatable bonds is 9. The molecule has 6 heteroatoms. The summed E-state index contributed by atoms with van der Waals surface area (Å²) in [5, 5.41) is 6.55. The van der Waals surface area contributed by atoms with Crippen LogP contribution in [0.2, 0.25) is 0 Å². The zero-order valence-corrected chi connectivity index (χ0v) is 16.1. The van der Waals surface area contributed by atoms with Crippen molar-refractivity contribution in [3.8, 4) is 11.5 Å². The van der Waals surface area contributed by atoms with Gasteiger partial charge in [-0.05, 0) is 59.7 Å². The van der Waals surface area contributed by atoms with Gasteiger partial charge in [0.1, 0.15) is 18.1 Å². The molecule has 3 aromatic rings. The molecule has 0 spiro atoms. The third-order valence-electron chi connectivity index (χ3n) is 3.97. The van der Waals surface area contributed by atoms with Crippen molar-refractivity contribution >= 4 is 17.8 Å². The lowest BCUT2D eigenvalue weighted by Crippen LogP contribution is -2.16. The number of benzene rings is 3. The highest BCUT2D eigenvalue weighted by atomic mass is 16.6. The molecule has 0 bridgehead atoms. The maximum absolute atomic E-state index is 11.9. The maximum atomic E-state index is 11.9. The Morgan fingerprint density at radius 2 is 1.62 bits per heavy atom. The quantitative estimate of drug-likeness (QED) is 0.438. The van der Waals surface area contributed by atoms with E-state index in [0.717, 1.165) is 22.6 Å². The Balaban J connectivity index is 1.40. The number of oxime groups is 1. The lowest BCUT2D eigenvalue weighted by molar-refractivity contribution is -0.120. The van der Waals surface area contributed by atoms with Crippen LogP contribution in [0, 0.1) is 0 Å². The minimum absolute atomic E-state index is 0.182. The third kappa shape index (κ3) is 6.70. The molecule has 29 heavy (non-hydrogen) atoms. The minimum Gasteiger partial charge on any atom is -0.497 e. The van der Waals surface area contributed by atoms with E-state index in [4.69, 9.17) is 14.3 Å². The smallest absolute Gasteiger partial charge is 0.265 e. The largest absolute Gasteiger partial charge is 0.497 e. The number of anilines is 1. The summed E-state index contributed by atoms with van der Waals surface area (Å²) in [5.41, 5.74) is 2.60. The molecule has 0 aliphatic heterocycles. The fraction of sp³-hybridized carbons (Fsp3) is 0.130. The first kappa shape index (κ1) is 19.9. The second-order valence-electron chi connectivity index (χ2n) is 6.13. The van der Waals surface area contributed by atoms with Gasteiger partial charge in [-0.1, -0.05) is 35.5 Å². The number of methoxy groups -OCH3 is 1. The lowest BCUT2D eigenvalue weighted by Gasteiger charge is -2.08. The van der Waals surface area contributed by atoms with Gasteiger partial charge in [0.2, 0.25) is 0 Å². The van der Waals surface area contributed by atoms with Crippen LogP contribution < -0.4 is 14.8 Å². The zero-order chi connectivity index (χ0) is 20.3. The molecule has 3 aromatic carbocycles. The van der Waals surface area contributed by atoms with Crippen LogP contribution in [0.5, 0.6) is 11.5 Å². The van der Waals surface area contributed by atoms with Crippen molar-refractivity contribution < 1.29 is 19.1 Å². The molecular formula is C23H22N2O4. The molecule has 6 nitrogen and oxygen atoms in total. The minimum atomic E-state index is -0.296. The molecule has 0 heterocycles. The summed E-state index contributed by atoms with van der Waals surface area (Å²) in [5.74, 6) is 1.20. The predicted octanol–water partition coefficient (Wildman–Crippen LogP) is 4.26. The molecule has 0 saturated carbocycles. The second kappa shape index (κ2) is 10.5. The van der Waals surface area contributed by atoms with Crippen LogP contribution in [0.25, 0.3) is 0 Å². The monoisotopic (exact) mass is 390 g/mol. The summed E-state index contributed by atoms with van der Waals surface area (Å²) in [6.45, 7) is 0.311. The fourth-order valence-corrected chi connectivity index (χ4v) is 2.46. The first-order chi connectivity index (χ1) is 14.2. The molecule has 0 atom stereocenters. The Labute approximate surface area is 169 Å². The van der Waals surface area contributed by atoms with Crippen molar-refractivity contribution in [2.24, 2.45) is 5.16 Å². The Kier molecular flexibility index (Phi) is 7.23. The van der Waals surface area contributed by atoms with Crippen LogP contribution in [0.1, 0.15) is 11.1 Å². The van der Waals surface area contributed by atoms with E-state index in [0.29, 0.717) is 12.3 Å². The van der Waals surface area contributed by atoms with Gasteiger partial charge in [0.15, 0.2) is 6.61 Å². The van der Waals surface area contributed by atoms with Crippen LogP contribution in [-0.4, -0.2) is 25.8 Å². The zero-order valence-electron chi connectivity index (χ0n) is 16.1. The van der Waals surface area contributed by atoms with Crippen LogP contribution in [0.4, 0.5) is 5.69 Å². The second-order valence-corrected chi connectivity index (χ2v) is 6.13. The molecule has 0 aromatic heterocycles. The summed E-state index contributed by atoms with van der Waals surface area (Å²) in [4.78, 5) is 17.0. The molecule has 0 aliphatic rings. The first-order valence-electron chi connectivity index (χ1n) is 9.09. The van der Waals surface area contributed by atoms with Gasteiger partial charge in [-0.2, -0.15) is 0 Å². The Morgan fingerprint density at radius 1 is 0.931 bits per heavy atom. The first-order valence-corrected chi connectivity index (χ1v) is 9.09.